The Hall–Kier alpha value is -0.730. The van der Waals surface area contributed by atoms with Gasteiger partial charge >= 0.3 is 0 Å². The average molecular weight is 171 g/mol. The summed E-state index contributed by atoms with van der Waals surface area (Å²) < 4.78 is 0. The first-order valence-electron chi connectivity index (χ1n) is 4.50. The molecule has 0 rings (SSSR count). The van der Waals surface area contributed by atoms with Gasteiger partial charge in [-0.3, -0.25) is 0 Å². The number of unbranched alkanes of at least 4 members (excludes halogenated alkanes) is 3. The fraction of sp³-hybridized carbons (Fsp3) is 1.00. The molecule has 0 aliphatic rings. The van der Waals surface area contributed by atoms with E-state index in [-0.39, 0.29) is 6.54 Å². The largest absolute Gasteiger partial charge is 0.393 e. The molecule has 0 amide bonds. The van der Waals surface area contributed by atoms with Crippen molar-refractivity contribution in [3.63, 3.8) is 0 Å². The lowest BCUT2D eigenvalue weighted by molar-refractivity contribution is 0.169. The minimum absolute atomic E-state index is 0.211. The lowest BCUT2D eigenvalue weighted by Crippen LogP contribution is -2.09. The summed E-state index contributed by atoms with van der Waals surface area (Å²) in [7, 11) is 0. The fourth-order valence-corrected chi connectivity index (χ4v) is 1.03. The van der Waals surface area contributed by atoms with Crippen LogP contribution < -0.4 is 0 Å². The van der Waals surface area contributed by atoms with E-state index in [1.165, 1.54) is 12.8 Å². The van der Waals surface area contributed by atoms with Gasteiger partial charge in [-0.1, -0.05) is 37.7 Å². The monoisotopic (exact) mass is 171 g/mol. The van der Waals surface area contributed by atoms with Gasteiger partial charge in [-0.15, -0.1) is 0 Å². The molecule has 70 valence electrons. The molecule has 0 bridgehead atoms. The molecule has 4 nitrogen and oxygen atoms in total. The van der Waals surface area contributed by atoms with Crippen LogP contribution in [0.15, 0.2) is 5.11 Å². The summed E-state index contributed by atoms with van der Waals surface area (Å²) in [6, 6.07) is 0. The highest BCUT2D eigenvalue weighted by Crippen LogP contribution is 2.05. The number of nitrogens with zero attached hydrogens (tertiary/aromatic N) is 3. The van der Waals surface area contributed by atoms with Crippen molar-refractivity contribution in [2.24, 2.45) is 5.11 Å². The minimum Gasteiger partial charge on any atom is -0.393 e. The van der Waals surface area contributed by atoms with Crippen LogP contribution in [0, 0.1) is 0 Å². The molecule has 0 spiro atoms. The molecule has 0 radical (unpaired) electrons. The van der Waals surface area contributed by atoms with Crippen LogP contribution in [0.5, 0.6) is 0 Å². The number of rotatable bonds is 7. The van der Waals surface area contributed by atoms with Crippen molar-refractivity contribution in [2.45, 2.75) is 45.1 Å². The first-order chi connectivity index (χ1) is 5.81. The second kappa shape index (κ2) is 8.37. The minimum atomic E-state index is -0.447. The summed E-state index contributed by atoms with van der Waals surface area (Å²) in [6.45, 7) is 2.36. The Bertz CT molecular complexity index is 143. The van der Waals surface area contributed by atoms with E-state index in [2.05, 4.69) is 16.9 Å². The van der Waals surface area contributed by atoms with Crippen molar-refractivity contribution < 1.29 is 5.11 Å². The number of hydrogen-bond acceptors (Lipinski definition) is 2. The van der Waals surface area contributed by atoms with Gasteiger partial charge in [-0.25, -0.2) is 0 Å². The summed E-state index contributed by atoms with van der Waals surface area (Å²) in [6.07, 6.45) is 4.90. The normalized spacial score (nSPS) is 12.2. The van der Waals surface area contributed by atoms with Gasteiger partial charge in [-0.05, 0) is 12.0 Å². The molecule has 12 heavy (non-hydrogen) atoms. The van der Waals surface area contributed by atoms with Crippen molar-refractivity contribution in [3.05, 3.63) is 10.4 Å². The maximum atomic E-state index is 9.21. The SMILES string of the molecule is CCCCCC[C@@H](O)CN=[N+]=[N-]. The van der Waals surface area contributed by atoms with Crippen molar-refractivity contribution in [1.29, 1.82) is 0 Å². The van der Waals surface area contributed by atoms with Gasteiger partial charge in [0.05, 0.1) is 12.6 Å². The van der Waals surface area contributed by atoms with E-state index in [0.717, 1.165) is 19.3 Å². The summed E-state index contributed by atoms with van der Waals surface area (Å²) in [5.74, 6) is 0. The molecule has 1 N–H and O–H groups in total. The Labute approximate surface area is 73.2 Å². The Morgan fingerprint density at radius 3 is 2.75 bits per heavy atom. The van der Waals surface area contributed by atoms with E-state index in [1.54, 1.807) is 0 Å². The molecule has 0 unspecified atom stereocenters. The van der Waals surface area contributed by atoms with Gasteiger partial charge in [0.2, 0.25) is 0 Å². The number of azide groups is 1. The molecule has 0 saturated heterocycles. The topological polar surface area (TPSA) is 69.0 Å². The van der Waals surface area contributed by atoms with Gasteiger partial charge in [0, 0.05) is 4.91 Å². The summed E-state index contributed by atoms with van der Waals surface area (Å²) in [5, 5.41) is 12.5. The zero-order valence-corrected chi connectivity index (χ0v) is 7.61. The van der Waals surface area contributed by atoms with Crippen molar-refractivity contribution >= 4 is 0 Å². The third-order valence-corrected chi connectivity index (χ3v) is 1.75. The van der Waals surface area contributed by atoms with Crippen LogP contribution in [0.25, 0.3) is 10.4 Å². The van der Waals surface area contributed by atoms with Gasteiger partial charge in [0.25, 0.3) is 0 Å². The smallest absolute Gasteiger partial charge is 0.0596 e. The summed E-state index contributed by atoms with van der Waals surface area (Å²) in [4.78, 5) is 2.59. The van der Waals surface area contributed by atoms with Gasteiger partial charge < -0.3 is 5.11 Å². The molecular formula is C8H17N3O. The Balaban J connectivity index is 3.18. The molecule has 0 fully saturated rings. The predicted octanol–water partition coefficient (Wildman–Crippen LogP) is 2.63. The number of aliphatic hydroxyl groups is 1. The summed E-state index contributed by atoms with van der Waals surface area (Å²) >= 11 is 0. The van der Waals surface area contributed by atoms with E-state index in [9.17, 15) is 5.11 Å². The Morgan fingerprint density at radius 1 is 1.42 bits per heavy atom. The third-order valence-electron chi connectivity index (χ3n) is 1.75. The highest BCUT2D eigenvalue weighted by atomic mass is 16.3. The zero-order valence-electron chi connectivity index (χ0n) is 7.61. The highest BCUT2D eigenvalue weighted by molar-refractivity contribution is 4.59. The van der Waals surface area contributed by atoms with E-state index >= 15 is 0 Å². The van der Waals surface area contributed by atoms with Crippen LogP contribution in [0.2, 0.25) is 0 Å². The zero-order chi connectivity index (χ0) is 9.23. The van der Waals surface area contributed by atoms with Crippen LogP contribution in [0.1, 0.15) is 39.0 Å². The van der Waals surface area contributed by atoms with Crippen molar-refractivity contribution in [1.82, 2.24) is 0 Å². The quantitative estimate of drug-likeness (QED) is 0.272. The third kappa shape index (κ3) is 7.38. The molecule has 1 atom stereocenters. The molecule has 0 aliphatic carbocycles. The van der Waals surface area contributed by atoms with E-state index < -0.39 is 6.10 Å². The maximum absolute atomic E-state index is 9.21. The van der Waals surface area contributed by atoms with Crippen LogP contribution in [0.3, 0.4) is 0 Å². The molecule has 0 saturated carbocycles. The molecule has 0 aromatic rings. The van der Waals surface area contributed by atoms with E-state index in [1.807, 2.05) is 0 Å². The molecular weight excluding hydrogens is 154 g/mol. The van der Waals surface area contributed by atoms with Crippen LogP contribution in [-0.2, 0) is 0 Å². The van der Waals surface area contributed by atoms with Crippen LogP contribution in [-0.4, -0.2) is 17.8 Å². The van der Waals surface area contributed by atoms with Gasteiger partial charge in [-0.2, -0.15) is 0 Å². The average Bonchev–Trinajstić information content (AvgIpc) is 2.09. The lowest BCUT2D eigenvalue weighted by Gasteiger charge is -2.05. The second-order valence-corrected chi connectivity index (χ2v) is 2.92. The lowest BCUT2D eigenvalue weighted by atomic mass is 10.1. The van der Waals surface area contributed by atoms with Gasteiger partial charge in [0.15, 0.2) is 0 Å². The second-order valence-electron chi connectivity index (χ2n) is 2.92. The van der Waals surface area contributed by atoms with E-state index in [0.29, 0.717) is 0 Å². The van der Waals surface area contributed by atoms with Crippen molar-refractivity contribution in [3.8, 4) is 0 Å². The molecule has 0 aliphatic heterocycles. The molecule has 0 aromatic heterocycles. The molecule has 0 aromatic carbocycles. The van der Waals surface area contributed by atoms with Crippen LogP contribution >= 0.6 is 0 Å². The standard InChI is InChI=1S/C8H17N3O/c1-2-3-4-5-6-8(12)7-10-11-9/h8,12H,2-7H2,1H3/t8-/m1/s1. The Morgan fingerprint density at radius 2 is 2.17 bits per heavy atom. The van der Waals surface area contributed by atoms with Gasteiger partial charge in [0.1, 0.15) is 0 Å². The number of hydrogen-bond donors (Lipinski definition) is 1. The highest BCUT2D eigenvalue weighted by Gasteiger charge is 2.00. The first-order valence-corrected chi connectivity index (χ1v) is 4.50. The molecule has 0 heterocycles. The number of aliphatic hydroxyl groups excluding tert-OH is 1. The predicted molar refractivity (Wildman–Crippen MR) is 48.8 cm³/mol. The van der Waals surface area contributed by atoms with E-state index in [4.69, 9.17) is 5.53 Å². The Kier molecular flexibility index (Phi) is 7.86. The molecule has 4 heteroatoms. The van der Waals surface area contributed by atoms with Crippen molar-refractivity contribution in [2.75, 3.05) is 6.54 Å². The summed E-state index contributed by atoms with van der Waals surface area (Å²) in [5.41, 5.74) is 7.97. The first kappa shape index (κ1) is 11.3. The maximum Gasteiger partial charge on any atom is 0.0596 e. The fourth-order valence-electron chi connectivity index (χ4n) is 1.03. The van der Waals surface area contributed by atoms with Crippen LogP contribution in [0.4, 0.5) is 0 Å².